The maximum atomic E-state index is 4.37. The van der Waals surface area contributed by atoms with Crippen LogP contribution in [0.4, 0.5) is 0 Å². The van der Waals surface area contributed by atoms with Gasteiger partial charge in [-0.15, -0.1) is 12.4 Å². The lowest BCUT2D eigenvalue weighted by atomic mass is 9.97. The second kappa shape index (κ2) is 6.99. The van der Waals surface area contributed by atoms with E-state index in [2.05, 4.69) is 26.8 Å². The molecule has 98 valence electrons. The minimum Gasteiger partial charge on any atom is -0.337 e. The van der Waals surface area contributed by atoms with Gasteiger partial charge in [0.1, 0.15) is 5.82 Å². The Bertz CT molecular complexity index is 318. The van der Waals surface area contributed by atoms with Gasteiger partial charge in [-0.1, -0.05) is 0 Å². The molecule has 0 amide bonds. The van der Waals surface area contributed by atoms with Crippen LogP contribution in [0.1, 0.15) is 18.7 Å². The normalized spacial score (nSPS) is 18.0. The molecule has 1 saturated heterocycles. The summed E-state index contributed by atoms with van der Waals surface area (Å²) in [6.07, 6.45) is 6.52. The molecule has 1 aromatic heterocycles. The first-order valence-electron chi connectivity index (χ1n) is 6.12. The summed E-state index contributed by atoms with van der Waals surface area (Å²) in [6.45, 7) is 4.57. The number of aryl methyl sites for hydroxylation is 1. The summed E-state index contributed by atoms with van der Waals surface area (Å²) in [7, 11) is 4.11. The topological polar surface area (TPSA) is 33.1 Å². The maximum Gasteiger partial charge on any atom is 0.122 e. The number of piperidine rings is 1. The number of hydrogen-bond donors (Lipinski definition) is 1. The molecule has 0 atom stereocenters. The van der Waals surface area contributed by atoms with E-state index in [0.717, 1.165) is 19.0 Å². The third-order valence-electron chi connectivity index (χ3n) is 3.49. The van der Waals surface area contributed by atoms with Crippen molar-refractivity contribution in [2.24, 2.45) is 13.0 Å². The first kappa shape index (κ1) is 14.5. The Morgan fingerprint density at radius 2 is 2.12 bits per heavy atom. The quantitative estimate of drug-likeness (QED) is 0.883. The molecule has 0 unspecified atom stereocenters. The van der Waals surface area contributed by atoms with Crippen LogP contribution in [0.15, 0.2) is 12.4 Å². The van der Waals surface area contributed by atoms with E-state index in [1.807, 2.05) is 19.4 Å². The Balaban J connectivity index is 0.00000144. The number of imidazole rings is 1. The van der Waals surface area contributed by atoms with Gasteiger partial charge in [0, 0.05) is 19.4 Å². The first-order valence-corrected chi connectivity index (χ1v) is 6.12. The summed E-state index contributed by atoms with van der Waals surface area (Å²) in [4.78, 5) is 6.88. The molecule has 2 rings (SSSR count). The lowest BCUT2D eigenvalue weighted by Crippen LogP contribution is -2.36. The lowest BCUT2D eigenvalue weighted by molar-refractivity contribution is 0.172. The number of hydrogen-bond acceptors (Lipinski definition) is 3. The molecule has 17 heavy (non-hydrogen) atoms. The van der Waals surface area contributed by atoms with E-state index in [1.165, 1.54) is 31.8 Å². The molecular formula is C12H23ClN4. The Morgan fingerprint density at radius 1 is 1.41 bits per heavy atom. The zero-order chi connectivity index (χ0) is 11.4. The minimum atomic E-state index is 0. The van der Waals surface area contributed by atoms with E-state index in [9.17, 15) is 0 Å². The monoisotopic (exact) mass is 258 g/mol. The summed E-state index contributed by atoms with van der Waals surface area (Å²) in [5.74, 6) is 2.04. The molecule has 0 aliphatic carbocycles. The fraction of sp³-hybridized carbons (Fsp3) is 0.750. The predicted octanol–water partition coefficient (Wildman–Crippen LogP) is 1.27. The molecule has 1 N–H and O–H groups in total. The summed E-state index contributed by atoms with van der Waals surface area (Å²) < 4.78 is 2.11. The van der Waals surface area contributed by atoms with Gasteiger partial charge in [-0.2, -0.15) is 0 Å². The van der Waals surface area contributed by atoms with Crippen molar-refractivity contribution >= 4 is 12.4 Å². The van der Waals surface area contributed by atoms with Crippen molar-refractivity contribution in [3.63, 3.8) is 0 Å². The smallest absolute Gasteiger partial charge is 0.122 e. The second-order valence-corrected chi connectivity index (χ2v) is 4.73. The molecule has 0 bridgehead atoms. The second-order valence-electron chi connectivity index (χ2n) is 4.73. The van der Waals surface area contributed by atoms with Gasteiger partial charge >= 0.3 is 0 Å². The fourth-order valence-electron chi connectivity index (χ4n) is 2.39. The van der Waals surface area contributed by atoms with Crippen molar-refractivity contribution in [3.8, 4) is 0 Å². The fourth-order valence-corrected chi connectivity index (χ4v) is 2.39. The molecule has 2 heterocycles. The number of nitrogens with one attached hydrogen (secondary N) is 1. The van der Waals surface area contributed by atoms with Crippen LogP contribution < -0.4 is 5.32 Å². The molecule has 0 spiro atoms. The van der Waals surface area contributed by atoms with E-state index >= 15 is 0 Å². The van der Waals surface area contributed by atoms with Gasteiger partial charge in [-0.3, -0.25) is 4.90 Å². The summed E-state index contributed by atoms with van der Waals surface area (Å²) >= 11 is 0. The highest BCUT2D eigenvalue weighted by Gasteiger charge is 2.19. The molecule has 0 aromatic carbocycles. The van der Waals surface area contributed by atoms with Crippen LogP contribution in [0.2, 0.25) is 0 Å². The van der Waals surface area contributed by atoms with Crippen LogP contribution in [-0.4, -0.2) is 41.1 Å². The average Bonchev–Trinajstić information content (AvgIpc) is 2.68. The van der Waals surface area contributed by atoms with Crippen molar-refractivity contribution in [3.05, 3.63) is 18.2 Å². The average molecular weight is 259 g/mol. The molecule has 0 saturated carbocycles. The van der Waals surface area contributed by atoms with Gasteiger partial charge in [0.15, 0.2) is 0 Å². The Labute approximate surface area is 110 Å². The van der Waals surface area contributed by atoms with Crippen LogP contribution in [-0.2, 0) is 13.6 Å². The molecule has 4 nitrogen and oxygen atoms in total. The number of rotatable bonds is 4. The SMILES string of the molecule is CNCC1CCN(Cc2nccn2C)CC1.Cl. The third-order valence-corrected chi connectivity index (χ3v) is 3.49. The van der Waals surface area contributed by atoms with Gasteiger partial charge in [0.05, 0.1) is 6.54 Å². The van der Waals surface area contributed by atoms with Gasteiger partial charge in [-0.25, -0.2) is 4.98 Å². The highest BCUT2D eigenvalue weighted by Crippen LogP contribution is 2.17. The zero-order valence-electron chi connectivity index (χ0n) is 10.7. The van der Waals surface area contributed by atoms with E-state index < -0.39 is 0 Å². The van der Waals surface area contributed by atoms with E-state index in [-0.39, 0.29) is 12.4 Å². The predicted molar refractivity (Wildman–Crippen MR) is 72.4 cm³/mol. The number of likely N-dealkylation sites (tertiary alicyclic amines) is 1. The van der Waals surface area contributed by atoms with E-state index in [4.69, 9.17) is 0 Å². The molecule has 1 aromatic rings. The largest absolute Gasteiger partial charge is 0.337 e. The van der Waals surface area contributed by atoms with Crippen molar-refractivity contribution in [2.75, 3.05) is 26.7 Å². The van der Waals surface area contributed by atoms with Crippen LogP contribution in [0.5, 0.6) is 0 Å². The maximum absolute atomic E-state index is 4.37. The zero-order valence-corrected chi connectivity index (χ0v) is 11.5. The van der Waals surface area contributed by atoms with Crippen molar-refractivity contribution < 1.29 is 0 Å². The molecule has 1 aliphatic heterocycles. The molecular weight excluding hydrogens is 236 g/mol. The Kier molecular flexibility index (Phi) is 5.95. The Hall–Kier alpha value is -0.580. The van der Waals surface area contributed by atoms with Crippen LogP contribution >= 0.6 is 12.4 Å². The van der Waals surface area contributed by atoms with Crippen molar-refractivity contribution in [1.82, 2.24) is 19.8 Å². The van der Waals surface area contributed by atoms with Gasteiger partial charge in [0.25, 0.3) is 0 Å². The van der Waals surface area contributed by atoms with Crippen LogP contribution in [0.3, 0.4) is 0 Å². The van der Waals surface area contributed by atoms with Gasteiger partial charge in [-0.05, 0) is 45.4 Å². The third kappa shape index (κ3) is 3.98. The number of aromatic nitrogens is 2. The van der Waals surface area contributed by atoms with Crippen LogP contribution in [0, 0.1) is 5.92 Å². The van der Waals surface area contributed by atoms with Crippen molar-refractivity contribution in [1.29, 1.82) is 0 Å². The molecule has 5 heteroatoms. The molecule has 0 radical (unpaired) electrons. The minimum absolute atomic E-state index is 0. The highest BCUT2D eigenvalue weighted by atomic mass is 35.5. The lowest BCUT2D eigenvalue weighted by Gasteiger charge is -2.31. The number of halogens is 1. The first-order chi connectivity index (χ1) is 7.79. The van der Waals surface area contributed by atoms with Crippen LogP contribution in [0.25, 0.3) is 0 Å². The molecule has 1 aliphatic rings. The standard InChI is InChI=1S/C12H22N4.ClH/c1-13-9-11-3-6-16(7-4-11)10-12-14-5-8-15(12)2;/h5,8,11,13H,3-4,6-7,9-10H2,1-2H3;1H. The number of nitrogens with zero attached hydrogens (tertiary/aromatic N) is 3. The van der Waals surface area contributed by atoms with E-state index in [1.54, 1.807) is 0 Å². The van der Waals surface area contributed by atoms with Crippen molar-refractivity contribution in [2.45, 2.75) is 19.4 Å². The summed E-state index contributed by atoms with van der Waals surface area (Å²) in [5, 5.41) is 3.27. The Morgan fingerprint density at radius 3 is 2.65 bits per heavy atom. The van der Waals surface area contributed by atoms with E-state index in [0.29, 0.717) is 0 Å². The summed E-state index contributed by atoms with van der Waals surface area (Å²) in [6, 6.07) is 0. The van der Waals surface area contributed by atoms with Gasteiger partial charge in [0.2, 0.25) is 0 Å². The summed E-state index contributed by atoms with van der Waals surface area (Å²) in [5.41, 5.74) is 0. The van der Waals surface area contributed by atoms with Gasteiger partial charge < -0.3 is 9.88 Å². The highest BCUT2D eigenvalue weighted by molar-refractivity contribution is 5.85. The molecule has 1 fully saturated rings.